The summed E-state index contributed by atoms with van der Waals surface area (Å²) in [6.07, 6.45) is 6.49. The van der Waals surface area contributed by atoms with Crippen LogP contribution in [0, 0.1) is 5.92 Å². The first kappa shape index (κ1) is 20.4. The summed E-state index contributed by atoms with van der Waals surface area (Å²) in [6, 6.07) is 8.27. The summed E-state index contributed by atoms with van der Waals surface area (Å²) >= 11 is 0. The van der Waals surface area contributed by atoms with Crippen molar-refractivity contribution in [2.75, 3.05) is 7.05 Å². The second kappa shape index (κ2) is 8.85. The number of ether oxygens (including phenoxy) is 1. The van der Waals surface area contributed by atoms with E-state index in [0.717, 1.165) is 25.7 Å². The standard InChI is InChI=1S/C21H22N4O4S/c1-22-20(27)17-10-15(8-9-23-17)29-14-6-7-16-19(11-14)30(28)21(25-16)24-12-13-4-2-3-5-18(13)26/h6-13,18,26H,2-5H2,1H3,(H,22,27)/b24-12-/t13?,18-,30?/m1/s1. The van der Waals surface area contributed by atoms with Crippen LogP contribution in [0.15, 0.2) is 51.4 Å². The molecule has 0 spiro atoms. The molecular weight excluding hydrogens is 404 g/mol. The third-order valence-corrected chi connectivity index (χ3v) is 6.35. The lowest BCUT2D eigenvalue weighted by molar-refractivity contribution is 0.0957. The molecule has 8 nitrogen and oxygen atoms in total. The summed E-state index contributed by atoms with van der Waals surface area (Å²) in [5.41, 5.74) is 0.822. The Labute approximate surface area is 176 Å². The van der Waals surface area contributed by atoms with Crippen molar-refractivity contribution < 1.29 is 18.8 Å². The van der Waals surface area contributed by atoms with Gasteiger partial charge in [-0.15, -0.1) is 0 Å². The zero-order chi connectivity index (χ0) is 21.1. The number of aromatic nitrogens is 1. The Hall–Kier alpha value is -2.91. The van der Waals surface area contributed by atoms with E-state index in [2.05, 4.69) is 20.3 Å². The fourth-order valence-electron chi connectivity index (χ4n) is 3.45. The quantitative estimate of drug-likeness (QED) is 0.730. The van der Waals surface area contributed by atoms with Gasteiger partial charge in [-0.05, 0) is 37.1 Å². The van der Waals surface area contributed by atoms with Crippen molar-refractivity contribution in [2.45, 2.75) is 36.7 Å². The molecule has 1 aliphatic heterocycles. The number of hydrogen-bond acceptors (Lipinski definition) is 7. The monoisotopic (exact) mass is 426 g/mol. The molecule has 0 saturated heterocycles. The minimum atomic E-state index is -1.52. The molecule has 3 atom stereocenters. The second-order valence-electron chi connectivity index (χ2n) is 7.14. The lowest BCUT2D eigenvalue weighted by Gasteiger charge is -2.23. The Bertz CT molecular complexity index is 1050. The average Bonchev–Trinajstić information content (AvgIpc) is 3.08. The van der Waals surface area contributed by atoms with Crippen LogP contribution in [0.4, 0.5) is 5.69 Å². The molecule has 1 saturated carbocycles. The van der Waals surface area contributed by atoms with Gasteiger partial charge in [0, 0.05) is 31.4 Å². The van der Waals surface area contributed by atoms with Crippen molar-refractivity contribution in [3.05, 3.63) is 42.2 Å². The maximum Gasteiger partial charge on any atom is 0.269 e. The fourth-order valence-corrected chi connectivity index (χ4v) is 4.52. The first-order chi connectivity index (χ1) is 14.5. The van der Waals surface area contributed by atoms with Crippen molar-refractivity contribution >= 4 is 33.8 Å². The van der Waals surface area contributed by atoms with Crippen molar-refractivity contribution in [3.8, 4) is 11.5 Å². The number of amidine groups is 1. The summed E-state index contributed by atoms with van der Waals surface area (Å²) in [6.45, 7) is 0. The molecule has 1 aromatic carbocycles. The van der Waals surface area contributed by atoms with Crippen molar-refractivity contribution in [3.63, 3.8) is 0 Å². The topological polar surface area (TPSA) is 113 Å². The molecule has 1 amide bonds. The third-order valence-electron chi connectivity index (χ3n) is 5.10. The van der Waals surface area contributed by atoms with E-state index in [1.165, 1.54) is 19.3 Å². The molecule has 1 aliphatic carbocycles. The highest BCUT2D eigenvalue weighted by Crippen LogP contribution is 2.35. The summed E-state index contributed by atoms with van der Waals surface area (Å²) < 4.78 is 18.6. The summed E-state index contributed by atoms with van der Waals surface area (Å²) in [7, 11) is 0.0116. The number of nitrogens with zero attached hydrogens (tertiary/aromatic N) is 3. The van der Waals surface area contributed by atoms with Crippen LogP contribution in [0.1, 0.15) is 36.2 Å². The van der Waals surface area contributed by atoms with Crippen LogP contribution in [-0.4, -0.2) is 44.7 Å². The van der Waals surface area contributed by atoms with Crippen molar-refractivity contribution in [1.82, 2.24) is 10.3 Å². The number of rotatable bonds is 4. The zero-order valence-corrected chi connectivity index (χ0v) is 17.3. The van der Waals surface area contributed by atoms with Gasteiger partial charge in [0.15, 0.2) is 0 Å². The van der Waals surface area contributed by atoms with Crippen LogP contribution in [0.5, 0.6) is 11.5 Å². The van der Waals surface area contributed by atoms with Crippen LogP contribution in [0.3, 0.4) is 0 Å². The number of pyridine rings is 1. The minimum Gasteiger partial charge on any atom is -0.457 e. The van der Waals surface area contributed by atoms with Crippen LogP contribution in [0.25, 0.3) is 0 Å². The molecule has 9 heteroatoms. The van der Waals surface area contributed by atoms with Gasteiger partial charge in [0.25, 0.3) is 5.91 Å². The lowest BCUT2D eigenvalue weighted by Crippen LogP contribution is -2.25. The van der Waals surface area contributed by atoms with Crippen LogP contribution >= 0.6 is 0 Å². The number of carbonyl (C=O) groups excluding carboxylic acids is 1. The van der Waals surface area contributed by atoms with Gasteiger partial charge in [-0.25, -0.2) is 14.2 Å². The van der Waals surface area contributed by atoms with Gasteiger partial charge < -0.3 is 15.2 Å². The number of benzene rings is 1. The van der Waals surface area contributed by atoms with E-state index in [-0.39, 0.29) is 22.7 Å². The Morgan fingerprint density at radius 2 is 2.07 bits per heavy atom. The molecule has 2 aromatic rings. The molecule has 4 rings (SSSR count). The van der Waals surface area contributed by atoms with E-state index >= 15 is 0 Å². The van der Waals surface area contributed by atoms with Crippen LogP contribution in [-0.2, 0) is 10.8 Å². The van der Waals surface area contributed by atoms with E-state index in [1.54, 1.807) is 30.5 Å². The van der Waals surface area contributed by atoms with Crippen LogP contribution < -0.4 is 10.1 Å². The van der Waals surface area contributed by atoms with Gasteiger partial charge in [0.2, 0.25) is 5.17 Å². The van der Waals surface area contributed by atoms with E-state index in [1.807, 2.05) is 0 Å². The number of fused-ring (bicyclic) bond motifs is 1. The van der Waals surface area contributed by atoms with E-state index < -0.39 is 16.9 Å². The molecule has 2 heterocycles. The Morgan fingerprint density at radius 3 is 2.87 bits per heavy atom. The number of aliphatic imine (C=N–C) groups is 2. The molecule has 2 unspecified atom stereocenters. The van der Waals surface area contributed by atoms with Gasteiger partial charge in [0.1, 0.15) is 28.0 Å². The number of carbonyl (C=O) groups is 1. The maximum absolute atomic E-state index is 12.8. The zero-order valence-electron chi connectivity index (χ0n) is 16.4. The molecular formula is C21H22N4O4S. The SMILES string of the molecule is CNC(=O)c1cc(Oc2ccc3c(c2)S(=O)C(/N=C\C2CCCC[C@H]2O)=N3)ccn1. The Balaban J connectivity index is 1.48. The number of nitrogens with one attached hydrogen (secondary N) is 1. The Kier molecular flexibility index (Phi) is 6.01. The second-order valence-corrected chi connectivity index (χ2v) is 8.49. The van der Waals surface area contributed by atoms with E-state index in [0.29, 0.717) is 22.1 Å². The average molecular weight is 426 g/mol. The highest BCUT2D eigenvalue weighted by atomic mass is 32.2. The normalized spacial score (nSPS) is 23.1. The maximum atomic E-state index is 12.8. The van der Waals surface area contributed by atoms with Crippen molar-refractivity contribution in [2.24, 2.45) is 15.9 Å². The molecule has 0 radical (unpaired) electrons. The smallest absolute Gasteiger partial charge is 0.269 e. The van der Waals surface area contributed by atoms with Gasteiger partial charge in [-0.1, -0.05) is 12.8 Å². The fraction of sp³-hybridized carbons (Fsp3) is 0.333. The molecule has 1 fully saturated rings. The van der Waals surface area contributed by atoms with Gasteiger partial charge >= 0.3 is 0 Å². The Morgan fingerprint density at radius 1 is 1.27 bits per heavy atom. The summed E-state index contributed by atoms with van der Waals surface area (Å²) in [5.74, 6) is 0.578. The van der Waals surface area contributed by atoms with E-state index in [4.69, 9.17) is 4.74 Å². The van der Waals surface area contributed by atoms with Crippen molar-refractivity contribution in [1.29, 1.82) is 0 Å². The molecule has 30 heavy (non-hydrogen) atoms. The minimum absolute atomic E-state index is 0.0257. The summed E-state index contributed by atoms with van der Waals surface area (Å²) in [5, 5.41) is 12.8. The number of aliphatic hydroxyl groups excluding tert-OH is 1. The third kappa shape index (κ3) is 4.31. The molecule has 156 valence electrons. The first-order valence-electron chi connectivity index (χ1n) is 9.78. The number of hydrogen-bond donors (Lipinski definition) is 2. The molecule has 2 N–H and O–H groups in total. The lowest BCUT2D eigenvalue weighted by atomic mass is 9.87. The number of amides is 1. The van der Waals surface area contributed by atoms with E-state index in [9.17, 15) is 14.1 Å². The van der Waals surface area contributed by atoms with Gasteiger partial charge in [0.05, 0.1) is 16.7 Å². The van der Waals surface area contributed by atoms with Gasteiger partial charge in [-0.2, -0.15) is 0 Å². The predicted molar refractivity (Wildman–Crippen MR) is 114 cm³/mol. The first-order valence-corrected chi connectivity index (χ1v) is 10.9. The highest BCUT2D eigenvalue weighted by molar-refractivity contribution is 8.01. The molecule has 0 bridgehead atoms. The highest BCUT2D eigenvalue weighted by Gasteiger charge is 2.26. The summed E-state index contributed by atoms with van der Waals surface area (Å²) in [4.78, 5) is 24.9. The molecule has 2 aliphatic rings. The predicted octanol–water partition coefficient (Wildman–Crippen LogP) is 2.96. The van der Waals surface area contributed by atoms with Gasteiger partial charge in [-0.3, -0.25) is 9.78 Å². The number of aliphatic hydroxyl groups is 1. The largest absolute Gasteiger partial charge is 0.457 e. The van der Waals surface area contributed by atoms with Crippen LogP contribution in [0.2, 0.25) is 0 Å². The molecule has 1 aromatic heterocycles.